The Morgan fingerprint density at radius 3 is 2.39 bits per heavy atom. The average Bonchev–Trinajstić information content (AvgIpc) is 3.41. The first-order valence-corrected chi connectivity index (χ1v) is 10.2. The molecule has 0 spiro atoms. The maximum atomic E-state index is 13.4. The topological polar surface area (TPSA) is 78.5 Å². The van der Waals surface area contributed by atoms with Crippen molar-refractivity contribution >= 4 is 32.7 Å². The van der Waals surface area contributed by atoms with Gasteiger partial charge in [0.1, 0.15) is 0 Å². The Kier molecular flexibility index (Phi) is 3.11. The first-order valence-electron chi connectivity index (χ1n) is 10.2. The quantitative estimate of drug-likeness (QED) is 0.373. The van der Waals surface area contributed by atoms with E-state index in [-0.39, 0.29) is 11.6 Å². The minimum atomic E-state index is -0.213. The third-order valence-corrected chi connectivity index (χ3v) is 6.22. The number of nitrogens with zero attached hydrogens (tertiary/aromatic N) is 2. The highest BCUT2D eigenvalue weighted by molar-refractivity contribution is 5.94. The van der Waals surface area contributed by atoms with Gasteiger partial charge in [0.15, 0.2) is 5.82 Å². The van der Waals surface area contributed by atoms with Crippen molar-refractivity contribution in [1.29, 1.82) is 0 Å². The summed E-state index contributed by atoms with van der Waals surface area (Å²) in [6.45, 7) is 0. The van der Waals surface area contributed by atoms with Crippen molar-refractivity contribution in [3.63, 3.8) is 0 Å². The van der Waals surface area contributed by atoms with Gasteiger partial charge in [-0.05, 0) is 24.3 Å². The van der Waals surface area contributed by atoms with Crippen LogP contribution in [-0.4, -0.2) is 19.6 Å². The van der Waals surface area contributed by atoms with Gasteiger partial charge in [0.2, 0.25) is 0 Å². The molecule has 6 heteroatoms. The summed E-state index contributed by atoms with van der Waals surface area (Å²) in [6, 6.07) is 23.7. The van der Waals surface area contributed by atoms with Gasteiger partial charge in [0.05, 0.1) is 22.6 Å². The average molecular weight is 403 g/mol. The fraction of sp³-hybridized carbons (Fsp3) is 0.0400. The van der Waals surface area contributed by atoms with Gasteiger partial charge in [-0.25, -0.2) is 9.66 Å². The van der Waals surface area contributed by atoms with Gasteiger partial charge in [-0.15, -0.1) is 0 Å². The molecule has 3 aromatic heterocycles. The lowest BCUT2D eigenvalue weighted by molar-refractivity contribution is 0.714. The molecule has 6 aromatic rings. The number of hydrogen-bond acceptors (Lipinski definition) is 3. The summed E-state index contributed by atoms with van der Waals surface area (Å²) in [6.07, 6.45) is 2.03. The molecule has 0 amide bonds. The second-order valence-corrected chi connectivity index (χ2v) is 7.90. The van der Waals surface area contributed by atoms with Gasteiger partial charge >= 0.3 is 0 Å². The molecule has 1 atom stereocenters. The molecule has 7 rings (SSSR count). The van der Waals surface area contributed by atoms with E-state index in [1.165, 1.54) is 0 Å². The van der Waals surface area contributed by atoms with Gasteiger partial charge < -0.3 is 15.4 Å². The van der Waals surface area contributed by atoms with E-state index in [4.69, 9.17) is 4.98 Å². The summed E-state index contributed by atoms with van der Waals surface area (Å²) in [4.78, 5) is 25.2. The Morgan fingerprint density at radius 2 is 1.52 bits per heavy atom. The number of aromatic amines is 2. The van der Waals surface area contributed by atoms with E-state index in [0.717, 1.165) is 38.6 Å². The molecule has 4 heterocycles. The summed E-state index contributed by atoms with van der Waals surface area (Å²) in [5.74, 6) is 0.603. The fourth-order valence-corrected chi connectivity index (χ4v) is 4.81. The van der Waals surface area contributed by atoms with Crippen LogP contribution in [0.1, 0.15) is 17.2 Å². The molecule has 0 saturated heterocycles. The zero-order valence-electron chi connectivity index (χ0n) is 16.4. The Hall–Kier alpha value is -4.32. The smallest absolute Gasteiger partial charge is 0.280 e. The standard InChI is InChI=1S/C25H17N5O/c31-25-16-9-3-6-12-20(16)28-24-23-21(15-8-2-5-11-19(15)27-23)22(29-30(24)25)17-13-26-18-10-4-1-7-14(17)18/h1-13,22,26-27,29H. The molecule has 31 heavy (non-hydrogen) atoms. The van der Waals surface area contributed by atoms with Crippen LogP contribution < -0.4 is 11.0 Å². The largest absolute Gasteiger partial charge is 0.361 e. The van der Waals surface area contributed by atoms with E-state index < -0.39 is 0 Å². The van der Waals surface area contributed by atoms with Gasteiger partial charge in [0.25, 0.3) is 5.56 Å². The van der Waals surface area contributed by atoms with Crippen LogP contribution in [0.2, 0.25) is 0 Å². The van der Waals surface area contributed by atoms with Crippen LogP contribution in [0, 0.1) is 0 Å². The maximum absolute atomic E-state index is 13.4. The predicted octanol–water partition coefficient (Wildman–Crippen LogP) is 4.67. The second kappa shape index (κ2) is 5.86. The highest BCUT2D eigenvalue weighted by atomic mass is 16.1. The molecule has 0 saturated carbocycles. The van der Waals surface area contributed by atoms with Crippen LogP contribution in [0.5, 0.6) is 0 Å². The molecule has 6 nitrogen and oxygen atoms in total. The van der Waals surface area contributed by atoms with E-state index in [2.05, 4.69) is 39.7 Å². The third kappa shape index (κ3) is 2.16. The lowest BCUT2D eigenvalue weighted by Crippen LogP contribution is -2.37. The van der Waals surface area contributed by atoms with E-state index in [0.29, 0.717) is 16.7 Å². The summed E-state index contributed by atoms with van der Waals surface area (Å²) in [5, 5.41) is 2.84. The van der Waals surface area contributed by atoms with Crippen molar-refractivity contribution in [3.05, 3.63) is 100 Å². The maximum Gasteiger partial charge on any atom is 0.280 e. The molecule has 1 aliphatic rings. The van der Waals surface area contributed by atoms with Crippen LogP contribution >= 0.6 is 0 Å². The highest BCUT2D eigenvalue weighted by Crippen LogP contribution is 2.42. The third-order valence-electron chi connectivity index (χ3n) is 6.22. The van der Waals surface area contributed by atoms with E-state index in [1.54, 1.807) is 4.68 Å². The molecule has 1 unspecified atom stereocenters. The number of rotatable bonds is 1. The number of nitrogens with one attached hydrogen (secondary N) is 3. The zero-order valence-corrected chi connectivity index (χ0v) is 16.4. The number of fused-ring (bicyclic) bond motifs is 7. The van der Waals surface area contributed by atoms with Crippen LogP contribution in [0.3, 0.4) is 0 Å². The first kappa shape index (κ1) is 16.5. The molecule has 0 radical (unpaired) electrons. The van der Waals surface area contributed by atoms with E-state index in [9.17, 15) is 4.79 Å². The van der Waals surface area contributed by atoms with E-state index >= 15 is 0 Å². The predicted molar refractivity (Wildman–Crippen MR) is 123 cm³/mol. The van der Waals surface area contributed by atoms with Crippen molar-refractivity contribution in [2.24, 2.45) is 0 Å². The van der Waals surface area contributed by atoms with Crippen LogP contribution in [0.15, 0.2) is 83.8 Å². The number of benzene rings is 3. The van der Waals surface area contributed by atoms with Crippen LogP contribution in [0.25, 0.3) is 44.2 Å². The van der Waals surface area contributed by atoms with Gasteiger partial charge in [-0.3, -0.25) is 4.79 Å². The fourth-order valence-electron chi connectivity index (χ4n) is 4.81. The second-order valence-electron chi connectivity index (χ2n) is 7.90. The Balaban J connectivity index is 1.60. The van der Waals surface area contributed by atoms with E-state index in [1.807, 2.05) is 54.7 Å². The lowest BCUT2D eigenvalue weighted by Gasteiger charge is -2.28. The monoisotopic (exact) mass is 403 g/mol. The zero-order chi connectivity index (χ0) is 20.5. The molecule has 3 aromatic carbocycles. The molecule has 0 bridgehead atoms. The lowest BCUT2D eigenvalue weighted by atomic mass is 9.94. The normalized spacial score (nSPS) is 15.2. The molecule has 3 N–H and O–H groups in total. The summed E-state index contributed by atoms with van der Waals surface area (Å²) in [7, 11) is 0. The molecular weight excluding hydrogens is 386 g/mol. The van der Waals surface area contributed by atoms with Crippen molar-refractivity contribution in [1.82, 2.24) is 19.6 Å². The van der Waals surface area contributed by atoms with Gasteiger partial charge in [-0.2, -0.15) is 0 Å². The number of H-pyrrole nitrogens is 2. The van der Waals surface area contributed by atoms with Crippen molar-refractivity contribution in [2.45, 2.75) is 6.04 Å². The Labute approximate surface area is 176 Å². The summed E-state index contributed by atoms with van der Waals surface area (Å²) < 4.78 is 1.59. The summed E-state index contributed by atoms with van der Waals surface area (Å²) >= 11 is 0. The number of hydrogen-bond donors (Lipinski definition) is 3. The van der Waals surface area contributed by atoms with Crippen molar-refractivity contribution < 1.29 is 0 Å². The van der Waals surface area contributed by atoms with Gasteiger partial charge in [-0.1, -0.05) is 48.5 Å². The molecule has 1 aliphatic heterocycles. The summed E-state index contributed by atoms with van der Waals surface area (Å²) in [5.41, 5.74) is 9.23. The van der Waals surface area contributed by atoms with Gasteiger partial charge in [0, 0.05) is 39.1 Å². The minimum Gasteiger partial charge on any atom is -0.361 e. The van der Waals surface area contributed by atoms with Crippen LogP contribution in [-0.2, 0) is 0 Å². The van der Waals surface area contributed by atoms with Crippen molar-refractivity contribution in [3.8, 4) is 11.5 Å². The molecule has 0 aliphatic carbocycles. The number of aromatic nitrogens is 4. The number of para-hydroxylation sites is 3. The molecular formula is C25H17N5O. The van der Waals surface area contributed by atoms with Crippen LogP contribution in [0.4, 0.5) is 0 Å². The minimum absolute atomic E-state index is 0.102. The molecule has 148 valence electrons. The van der Waals surface area contributed by atoms with Crippen molar-refractivity contribution in [2.75, 3.05) is 5.43 Å². The Bertz CT molecular complexity index is 1700. The molecule has 0 fully saturated rings. The Morgan fingerprint density at radius 1 is 0.806 bits per heavy atom. The highest BCUT2D eigenvalue weighted by Gasteiger charge is 2.32. The first-order chi connectivity index (χ1) is 15.3. The SMILES string of the molecule is O=c1c2ccccc2nc2n1NC(c1c[nH]c3ccccc13)c1c-2[nH]c2ccccc12.